The van der Waals surface area contributed by atoms with Crippen molar-refractivity contribution in [3.8, 4) is 5.75 Å². The van der Waals surface area contributed by atoms with Gasteiger partial charge in [-0.05, 0) is 44.5 Å². The average Bonchev–Trinajstić information content (AvgIpc) is 2.33. The van der Waals surface area contributed by atoms with Gasteiger partial charge in [0.05, 0.1) is 6.10 Å². The largest absolute Gasteiger partial charge is 0.491 e. The second kappa shape index (κ2) is 7.30. The zero-order chi connectivity index (χ0) is 12.7. The number of hydrogen-bond acceptors (Lipinski definition) is 3. The van der Waals surface area contributed by atoms with E-state index in [4.69, 9.17) is 4.74 Å². The van der Waals surface area contributed by atoms with Gasteiger partial charge in [-0.3, -0.25) is 0 Å². The van der Waals surface area contributed by atoms with Crippen LogP contribution in [0.15, 0.2) is 24.3 Å². The third-order valence-electron chi connectivity index (χ3n) is 2.55. The molecule has 2 N–H and O–H groups in total. The molecule has 0 saturated heterocycles. The Morgan fingerprint density at radius 2 is 2.12 bits per heavy atom. The van der Waals surface area contributed by atoms with Gasteiger partial charge < -0.3 is 15.2 Å². The molecule has 2 atom stereocenters. The highest BCUT2D eigenvalue weighted by atomic mass is 16.5. The molecule has 17 heavy (non-hydrogen) atoms. The molecule has 0 fully saturated rings. The van der Waals surface area contributed by atoms with E-state index in [1.165, 1.54) is 5.56 Å². The fourth-order valence-corrected chi connectivity index (χ4v) is 1.57. The summed E-state index contributed by atoms with van der Waals surface area (Å²) in [6.07, 6.45) is 0.692. The van der Waals surface area contributed by atoms with E-state index in [2.05, 4.69) is 25.2 Å². The van der Waals surface area contributed by atoms with Gasteiger partial charge in [0.1, 0.15) is 12.4 Å². The number of ether oxygens (including phenoxy) is 1. The summed E-state index contributed by atoms with van der Waals surface area (Å²) in [6, 6.07) is 8.33. The van der Waals surface area contributed by atoms with Crippen molar-refractivity contribution >= 4 is 0 Å². The Hall–Kier alpha value is -1.06. The fraction of sp³-hybridized carbons (Fsp3) is 0.571. The van der Waals surface area contributed by atoms with Gasteiger partial charge in [0.2, 0.25) is 0 Å². The van der Waals surface area contributed by atoms with Crippen LogP contribution in [0.4, 0.5) is 0 Å². The summed E-state index contributed by atoms with van der Waals surface area (Å²) in [7, 11) is 0. The molecule has 0 radical (unpaired) electrons. The number of nitrogens with one attached hydrogen (secondary N) is 1. The molecule has 0 heterocycles. The summed E-state index contributed by atoms with van der Waals surface area (Å²) in [6.45, 7) is 7.36. The second-order valence-electron chi connectivity index (χ2n) is 4.41. The van der Waals surface area contributed by atoms with Crippen LogP contribution in [0.1, 0.15) is 38.8 Å². The summed E-state index contributed by atoms with van der Waals surface area (Å²) in [5.41, 5.74) is 1.21. The molecule has 3 heteroatoms. The lowest BCUT2D eigenvalue weighted by atomic mass is 10.1. The number of aliphatic hydroxyl groups excluding tert-OH is 1. The normalized spacial score (nSPS) is 14.4. The van der Waals surface area contributed by atoms with Crippen LogP contribution in [0.25, 0.3) is 0 Å². The van der Waals surface area contributed by atoms with Crippen LogP contribution in [0.3, 0.4) is 0 Å². The molecular formula is C14H23NO2. The summed E-state index contributed by atoms with van der Waals surface area (Å²) in [5.74, 6) is 0.813. The highest BCUT2D eigenvalue weighted by Gasteiger charge is 2.05. The van der Waals surface area contributed by atoms with E-state index in [0.717, 1.165) is 18.7 Å². The second-order valence-corrected chi connectivity index (χ2v) is 4.41. The number of benzene rings is 1. The Morgan fingerprint density at radius 3 is 2.76 bits per heavy atom. The average molecular weight is 237 g/mol. The van der Waals surface area contributed by atoms with Crippen LogP contribution in [0.5, 0.6) is 5.75 Å². The van der Waals surface area contributed by atoms with Crippen molar-refractivity contribution in [2.75, 3.05) is 13.2 Å². The van der Waals surface area contributed by atoms with Gasteiger partial charge in [-0.25, -0.2) is 0 Å². The molecule has 2 unspecified atom stereocenters. The molecule has 0 aliphatic rings. The first-order chi connectivity index (χ1) is 8.13. The fourth-order valence-electron chi connectivity index (χ4n) is 1.57. The Labute approximate surface area is 104 Å². The lowest BCUT2D eigenvalue weighted by Gasteiger charge is -2.15. The van der Waals surface area contributed by atoms with Gasteiger partial charge in [-0.1, -0.05) is 19.1 Å². The summed E-state index contributed by atoms with van der Waals surface area (Å²) in [5, 5.41) is 12.6. The van der Waals surface area contributed by atoms with Crippen molar-refractivity contribution in [1.82, 2.24) is 5.32 Å². The lowest BCUT2D eigenvalue weighted by molar-refractivity contribution is 0.122. The van der Waals surface area contributed by atoms with E-state index in [0.29, 0.717) is 12.6 Å². The quantitative estimate of drug-likeness (QED) is 0.765. The van der Waals surface area contributed by atoms with Crippen LogP contribution in [-0.2, 0) is 0 Å². The van der Waals surface area contributed by atoms with Gasteiger partial charge in [0.15, 0.2) is 0 Å². The number of hydrogen-bond donors (Lipinski definition) is 2. The van der Waals surface area contributed by atoms with Gasteiger partial charge in [0, 0.05) is 6.04 Å². The molecule has 1 rings (SSSR count). The van der Waals surface area contributed by atoms with E-state index in [9.17, 15) is 5.11 Å². The molecular weight excluding hydrogens is 214 g/mol. The summed E-state index contributed by atoms with van der Waals surface area (Å²) in [4.78, 5) is 0. The first-order valence-corrected chi connectivity index (χ1v) is 6.27. The molecule has 0 spiro atoms. The molecule has 1 aromatic carbocycles. The predicted octanol–water partition coefficient (Wildman–Crippen LogP) is 2.51. The van der Waals surface area contributed by atoms with E-state index >= 15 is 0 Å². The van der Waals surface area contributed by atoms with Crippen molar-refractivity contribution in [3.63, 3.8) is 0 Å². The minimum Gasteiger partial charge on any atom is -0.491 e. The highest BCUT2D eigenvalue weighted by molar-refractivity contribution is 5.30. The Bertz CT molecular complexity index is 326. The molecule has 0 amide bonds. The molecule has 0 aromatic heterocycles. The van der Waals surface area contributed by atoms with Gasteiger partial charge in [-0.15, -0.1) is 0 Å². The summed E-state index contributed by atoms with van der Waals surface area (Å²) >= 11 is 0. The molecule has 0 aliphatic heterocycles. The molecule has 0 bridgehead atoms. The molecule has 0 saturated carbocycles. The first-order valence-electron chi connectivity index (χ1n) is 6.27. The van der Waals surface area contributed by atoms with Gasteiger partial charge in [0.25, 0.3) is 0 Å². The van der Waals surface area contributed by atoms with Crippen LogP contribution in [0.2, 0.25) is 0 Å². The topological polar surface area (TPSA) is 41.5 Å². The predicted molar refractivity (Wildman–Crippen MR) is 70.3 cm³/mol. The summed E-state index contributed by atoms with van der Waals surface area (Å²) < 4.78 is 5.48. The zero-order valence-corrected chi connectivity index (χ0v) is 10.9. The smallest absolute Gasteiger partial charge is 0.119 e. The maximum atomic E-state index is 9.17. The molecule has 3 nitrogen and oxygen atoms in total. The van der Waals surface area contributed by atoms with Crippen LogP contribution in [-0.4, -0.2) is 24.4 Å². The van der Waals surface area contributed by atoms with Crippen LogP contribution >= 0.6 is 0 Å². The van der Waals surface area contributed by atoms with Crippen molar-refractivity contribution in [3.05, 3.63) is 29.8 Å². The first kappa shape index (κ1) is 14.0. The zero-order valence-electron chi connectivity index (χ0n) is 10.9. The van der Waals surface area contributed by atoms with E-state index in [1.54, 1.807) is 6.92 Å². The van der Waals surface area contributed by atoms with E-state index < -0.39 is 6.10 Å². The van der Waals surface area contributed by atoms with Crippen LogP contribution in [0, 0.1) is 0 Å². The van der Waals surface area contributed by atoms with E-state index in [1.807, 2.05) is 18.2 Å². The molecule has 96 valence electrons. The van der Waals surface area contributed by atoms with E-state index in [-0.39, 0.29) is 0 Å². The van der Waals surface area contributed by atoms with Gasteiger partial charge in [-0.2, -0.15) is 0 Å². The van der Waals surface area contributed by atoms with Gasteiger partial charge >= 0.3 is 0 Å². The Morgan fingerprint density at radius 1 is 1.35 bits per heavy atom. The number of rotatable bonds is 7. The maximum Gasteiger partial charge on any atom is 0.119 e. The SMILES string of the molecule is CCCNC(C)c1cccc(OCC(C)O)c1. The third-order valence-corrected chi connectivity index (χ3v) is 2.55. The minimum atomic E-state index is -0.436. The van der Waals surface area contributed by atoms with Crippen molar-refractivity contribution < 1.29 is 9.84 Å². The lowest BCUT2D eigenvalue weighted by Crippen LogP contribution is -2.19. The van der Waals surface area contributed by atoms with Crippen molar-refractivity contribution in [2.45, 2.75) is 39.3 Å². The van der Waals surface area contributed by atoms with Crippen LogP contribution < -0.4 is 10.1 Å². The van der Waals surface area contributed by atoms with Crippen molar-refractivity contribution in [1.29, 1.82) is 0 Å². The number of aliphatic hydroxyl groups is 1. The molecule has 1 aromatic rings. The highest BCUT2D eigenvalue weighted by Crippen LogP contribution is 2.19. The Kier molecular flexibility index (Phi) is 6.01. The molecule has 0 aliphatic carbocycles. The minimum absolute atomic E-state index is 0.324. The standard InChI is InChI=1S/C14H23NO2/c1-4-8-15-12(3)13-6-5-7-14(9-13)17-10-11(2)16/h5-7,9,11-12,15-16H,4,8,10H2,1-3H3. The monoisotopic (exact) mass is 237 g/mol. The van der Waals surface area contributed by atoms with Crippen molar-refractivity contribution in [2.24, 2.45) is 0 Å². The Balaban J connectivity index is 2.58. The maximum absolute atomic E-state index is 9.17. The third kappa shape index (κ3) is 5.20.